The third kappa shape index (κ3) is 8.65. The number of rotatable bonds is 9. The van der Waals surface area contributed by atoms with Crippen LogP contribution in [-0.4, -0.2) is 86.0 Å². The number of nitrogens with one attached hydrogen (secondary N) is 1. The molecule has 0 atom stereocenters. The number of nitrogens with zero attached hydrogens (tertiary/aromatic N) is 6. The van der Waals surface area contributed by atoms with E-state index in [0.717, 1.165) is 35.7 Å². The van der Waals surface area contributed by atoms with Gasteiger partial charge in [-0.25, -0.2) is 28.7 Å². The molecule has 13 nitrogen and oxygen atoms in total. The van der Waals surface area contributed by atoms with Gasteiger partial charge in [-0.3, -0.25) is 4.79 Å². The average Bonchev–Trinajstić information content (AvgIpc) is 3.92. The second-order valence-electron chi connectivity index (χ2n) is 11.6. The van der Waals surface area contributed by atoms with E-state index in [1.54, 1.807) is 64.9 Å². The van der Waals surface area contributed by atoms with Crippen molar-refractivity contribution in [3.05, 3.63) is 93.1 Å². The van der Waals surface area contributed by atoms with Crippen LogP contribution in [0.1, 0.15) is 14.5 Å². The third-order valence-electron chi connectivity index (χ3n) is 8.28. The van der Waals surface area contributed by atoms with Crippen molar-refractivity contribution >= 4 is 52.0 Å². The van der Waals surface area contributed by atoms with Crippen LogP contribution < -0.4 is 34.1 Å². The molecule has 0 radical (unpaired) electrons. The van der Waals surface area contributed by atoms with E-state index in [1.165, 1.54) is 17.5 Å². The molecule has 0 saturated carbocycles. The van der Waals surface area contributed by atoms with Crippen LogP contribution in [0.3, 0.4) is 0 Å². The Morgan fingerprint density at radius 2 is 1.20 bits per heavy atom. The highest BCUT2D eigenvalue weighted by Crippen LogP contribution is 2.38. The molecular weight excluding hydrogens is 753 g/mol. The zero-order chi connectivity index (χ0) is 38.9. The molecule has 2 aliphatic heterocycles. The summed E-state index contributed by atoms with van der Waals surface area (Å²) in [4.78, 5) is 33.1. The van der Waals surface area contributed by atoms with Crippen LogP contribution in [0.15, 0.2) is 71.7 Å². The maximum atomic E-state index is 14.5. The number of halogens is 2. The SMILES string of the molecule is CN(c1ccc2c(c1)OCCO2)c1nc(-c2ccsc2C=O)ncc1F.CNCc1sccc1-c1ncc(F)c(N(C)c2ccc3c(c2)OCCO3)n1.CO. The summed E-state index contributed by atoms with van der Waals surface area (Å²) in [5.41, 5.74) is 2.94. The zero-order valence-electron chi connectivity index (χ0n) is 30.3. The van der Waals surface area contributed by atoms with Gasteiger partial charge < -0.3 is 39.2 Å². The predicted octanol–water partition coefficient (Wildman–Crippen LogP) is 6.91. The molecule has 2 aromatic carbocycles. The normalized spacial score (nSPS) is 12.4. The Kier molecular flexibility index (Phi) is 12.8. The van der Waals surface area contributed by atoms with Gasteiger partial charge in [-0.2, -0.15) is 0 Å². The molecule has 0 spiro atoms. The number of aldehydes is 1. The van der Waals surface area contributed by atoms with E-state index < -0.39 is 11.6 Å². The second kappa shape index (κ2) is 18.1. The summed E-state index contributed by atoms with van der Waals surface area (Å²) in [7, 11) is 6.35. The van der Waals surface area contributed by atoms with Crippen LogP contribution in [-0.2, 0) is 6.54 Å². The molecule has 0 bridgehead atoms. The standard InChI is InChI=1S/C19H19FN4O2S.C18H14FN3O3S.CH4O/c1-21-11-17-13(5-8-27-17)18-22-10-14(20)19(23-18)24(2)12-3-4-15-16(9-12)26-7-6-25-15;1-22(11-2-3-14-15(8-11)25-6-5-24-14)18-13(19)9-20-17(21-18)12-4-7-26-16(12)10-23;1-2/h3-5,8-10,21H,6-7,11H2,1-2H3;2-4,7-10H,5-6H2,1H3;2H,1H3. The number of thiophene rings is 2. The van der Waals surface area contributed by atoms with Gasteiger partial charge in [0, 0.05) is 67.3 Å². The van der Waals surface area contributed by atoms with E-state index in [4.69, 9.17) is 24.1 Å². The highest BCUT2D eigenvalue weighted by molar-refractivity contribution is 7.12. The number of anilines is 4. The van der Waals surface area contributed by atoms with Gasteiger partial charge in [-0.15, -0.1) is 22.7 Å². The van der Waals surface area contributed by atoms with Gasteiger partial charge in [0.2, 0.25) is 0 Å². The van der Waals surface area contributed by atoms with E-state index in [2.05, 4.69) is 25.3 Å². The van der Waals surface area contributed by atoms with Crippen LogP contribution in [0.4, 0.5) is 31.8 Å². The van der Waals surface area contributed by atoms with Crippen molar-refractivity contribution in [3.8, 4) is 45.8 Å². The van der Waals surface area contributed by atoms with Gasteiger partial charge in [0.25, 0.3) is 0 Å². The number of carbonyl (C=O) groups is 1. The second-order valence-corrected chi connectivity index (χ2v) is 13.6. The summed E-state index contributed by atoms with van der Waals surface area (Å²) < 4.78 is 51.1. The zero-order valence-corrected chi connectivity index (χ0v) is 31.9. The lowest BCUT2D eigenvalue weighted by Gasteiger charge is -2.23. The first kappa shape index (κ1) is 39.0. The number of aliphatic hydroxyl groups excluding tert-OH is 1. The molecule has 6 heterocycles. The van der Waals surface area contributed by atoms with Crippen LogP contribution in [0.2, 0.25) is 0 Å². The molecule has 6 aromatic rings. The maximum Gasteiger partial charge on any atom is 0.184 e. The predicted molar refractivity (Wildman–Crippen MR) is 208 cm³/mol. The number of fused-ring (bicyclic) bond motifs is 2. The molecule has 4 aromatic heterocycles. The molecule has 8 rings (SSSR count). The minimum absolute atomic E-state index is 0.106. The Hall–Kier alpha value is -5.75. The topological polar surface area (TPSA) is 144 Å². The van der Waals surface area contributed by atoms with Crippen LogP contribution in [0, 0.1) is 11.6 Å². The van der Waals surface area contributed by atoms with Gasteiger partial charge >= 0.3 is 0 Å². The van der Waals surface area contributed by atoms with Gasteiger partial charge in [-0.1, -0.05) is 0 Å². The van der Waals surface area contributed by atoms with Crippen molar-refractivity contribution in [1.82, 2.24) is 25.3 Å². The first-order chi connectivity index (χ1) is 26.8. The van der Waals surface area contributed by atoms with Crippen LogP contribution >= 0.6 is 22.7 Å². The fourth-order valence-corrected chi connectivity index (χ4v) is 7.18. The largest absolute Gasteiger partial charge is 0.486 e. The summed E-state index contributed by atoms with van der Waals surface area (Å²) in [5, 5.41) is 13.9. The minimum Gasteiger partial charge on any atom is -0.486 e. The summed E-state index contributed by atoms with van der Waals surface area (Å²) in [6, 6.07) is 14.6. The molecule has 286 valence electrons. The smallest absolute Gasteiger partial charge is 0.184 e. The van der Waals surface area contributed by atoms with Gasteiger partial charge in [-0.05, 0) is 54.2 Å². The number of hydrogen-bond donors (Lipinski definition) is 2. The number of aromatic nitrogens is 4. The first-order valence-corrected chi connectivity index (χ1v) is 18.6. The highest BCUT2D eigenvalue weighted by Gasteiger charge is 2.21. The molecule has 0 aliphatic carbocycles. The Morgan fingerprint density at radius 1 is 0.727 bits per heavy atom. The molecule has 2 aliphatic rings. The van der Waals surface area contributed by atoms with Crippen molar-refractivity contribution in [1.29, 1.82) is 0 Å². The molecule has 55 heavy (non-hydrogen) atoms. The molecule has 2 N–H and O–H groups in total. The number of aliphatic hydroxyl groups is 1. The Bertz CT molecular complexity index is 2260. The van der Waals surface area contributed by atoms with Crippen molar-refractivity contribution in [2.45, 2.75) is 6.54 Å². The molecule has 0 saturated heterocycles. The summed E-state index contributed by atoms with van der Waals surface area (Å²) in [6.45, 7) is 2.71. The van der Waals surface area contributed by atoms with Crippen molar-refractivity contribution < 1.29 is 37.6 Å². The lowest BCUT2D eigenvalue weighted by molar-refractivity contribution is 0.112. The third-order valence-corrected chi connectivity index (χ3v) is 10.0. The molecule has 0 amide bonds. The van der Waals surface area contributed by atoms with Crippen molar-refractivity contribution in [2.75, 3.05) is 64.5 Å². The fourth-order valence-electron chi connectivity index (χ4n) is 5.61. The van der Waals surface area contributed by atoms with Crippen LogP contribution in [0.5, 0.6) is 23.0 Å². The van der Waals surface area contributed by atoms with E-state index >= 15 is 0 Å². The molecule has 0 unspecified atom stereocenters. The van der Waals surface area contributed by atoms with Crippen LogP contribution in [0.25, 0.3) is 22.8 Å². The van der Waals surface area contributed by atoms with E-state index in [1.807, 2.05) is 36.7 Å². The number of hydrogen-bond acceptors (Lipinski definition) is 15. The van der Waals surface area contributed by atoms with Gasteiger partial charge in [0.15, 0.2) is 64.2 Å². The van der Waals surface area contributed by atoms with E-state index in [0.29, 0.717) is 83.7 Å². The average molecular weight is 790 g/mol. The fraction of sp³-hybridized carbons (Fsp3) is 0.237. The van der Waals surface area contributed by atoms with E-state index in [9.17, 15) is 13.6 Å². The minimum atomic E-state index is -0.561. The highest BCUT2D eigenvalue weighted by atomic mass is 32.1. The van der Waals surface area contributed by atoms with Gasteiger partial charge in [0.05, 0.1) is 17.3 Å². The van der Waals surface area contributed by atoms with Crippen molar-refractivity contribution in [3.63, 3.8) is 0 Å². The number of ether oxygens (including phenoxy) is 4. The summed E-state index contributed by atoms with van der Waals surface area (Å²) >= 11 is 2.91. The lowest BCUT2D eigenvalue weighted by Crippen LogP contribution is -2.17. The number of benzene rings is 2. The Balaban J connectivity index is 0.000000179. The summed E-state index contributed by atoms with van der Waals surface area (Å²) in [6.07, 6.45) is 3.07. The monoisotopic (exact) mass is 789 g/mol. The lowest BCUT2D eigenvalue weighted by atomic mass is 10.2. The quantitative estimate of drug-likeness (QED) is 0.147. The number of carbonyl (C=O) groups excluding carboxylic acids is 1. The summed E-state index contributed by atoms with van der Waals surface area (Å²) in [5.74, 6) is 2.68. The first-order valence-electron chi connectivity index (χ1n) is 16.9. The van der Waals surface area contributed by atoms with Gasteiger partial charge in [0.1, 0.15) is 26.4 Å². The molecule has 17 heteroatoms. The van der Waals surface area contributed by atoms with Crippen molar-refractivity contribution in [2.24, 2.45) is 0 Å². The maximum absolute atomic E-state index is 14.5. The van der Waals surface area contributed by atoms with E-state index in [-0.39, 0.29) is 11.6 Å². The molecular formula is C38H37F2N7O6S2. The Labute approximate surface area is 323 Å². The molecule has 0 fully saturated rings. The Morgan fingerprint density at radius 3 is 1.71 bits per heavy atom.